The van der Waals surface area contributed by atoms with Gasteiger partial charge in [-0.25, -0.2) is 4.39 Å². The number of benzene rings is 1. The predicted octanol–water partition coefficient (Wildman–Crippen LogP) is 4.29. The van der Waals surface area contributed by atoms with Crippen LogP contribution in [0.5, 0.6) is 0 Å². The number of alkyl halides is 6. The molecule has 1 aliphatic rings. The Morgan fingerprint density at radius 2 is 1.65 bits per heavy atom. The van der Waals surface area contributed by atoms with E-state index in [0.717, 1.165) is 0 Å². The summed E-state index contributed by atoms with van der Waals surface area (Å²) in [4.78, 5) is 0. The van der Waals surface area contributed by atoms with Crippen molar-refractivity contribution in [2.45, 2.75) is 31.2 Å². The molecule has 0 aliphatic carbocycles. The quantitative estimate of drug-likeness (QED) is 0.763. The van der Waals surface area contributed by atoms with E-state index in [1.54, 1.807) is 0 Å². The summed E-state index contributed by atoms with van der Waals surface area (Å²) in [6.45, 7) is 0.405. The molecule has 1 atom stereocenters. The first-order valence-corrected chi connectivity index (χ1v) is 5.82. The second-order valence-corrected chi connectivity index (χ2v) is 4.56. The Kier molecular flexibility index (Phi) is 3.70. The van der Waals surface area contributed by atoms with Crippen LogP contribution in [0.2, 0.25) is 0 Å². The minimum absolute atomic E-state index is 0.0294. The van der Waals surface area contributed by atoms with Crippen LogP contribution < -0.4 is 5.32 Å². The van der Waals surface area contributed by atoms with E-state index in [0.29, 0.717) is 13.0 Å². The molecule has 1 fully saturated rings. The van der Waals surface area contributed by atoms with E-state index in [2.05, 4.69) is 5.32 Å². The Hall–Kier alpha value is -1.31. The van der Waals surface area contributed by atoms with Gasteiger partial charge in [-0.05, 0) is 31.5 Å². The molecule has 8 heteroatoms. The minimum atomic E-state index is -5.04. The third kappa shape index (κ3) is 2.89. The summed E-state index contributed by atoms with van der Waals surface area (Å²) in [6, 6.07) is -0.822. The van der Waals surface area contributed by atoms with Gasteiger partial charge >= 0.3 is 12.4 Å². The van der Waals surface area contributed by atoms with E-state index in [1.807, 2.05) is 0 Å². The fraction of sp³-hybridized carbons (Fsp3) is 0.500. The van der Waals surface area contributed by atoms with E-state index < -0.39 is 40.9 Å². The van der Waals surface area contributed by atoms with Crippen molar-refractivity contribution in [3.8, 4) is 0 Å². The van der Waals surface area contributed by atoms with Crippen molar-refractivity contribution in [2.75, 3.05) is 6.54 Å². The highest BCUT2D eigenvalue weighted by molar-refractivity contribution is 5.39. The zero-order valence-electron chi connectivity index (χ0n) is 10.00. The maximum atomic E-state index is 13.8. The van der Waals surface area contributed by atoms with E-state index >= 15 is 0 Å². The first-order chi connectivity index (χ1) is 9.10. The van der Waals surface area contributed by atoms with Crippen molar-refractivity contribution in [1.82, 2.24) is 5.32 Å². The molecule has 0 unspecified atom stereocenters. The molecule has 2 rings (SSSR count). The van der Waals surface area contributed by atoms with Crippen LogP contribution in [0.4, 0.5) is 30.7 Å². The van der Waals surface area contributed by atoms with E-state index in [1.165, 1.54) is 0 Å². The van der Waals surface area contributed by atoms with Gasteiger partial charge in [-0.15, -0.1) is 0 Å². The third-order valence-corrected chi connectivity index (χ3v) is 3.17. The van der Waals surface area contributed by atoms with Crippen LogP contribution in [-0.2, 0) is 12.4 Å². The standard InChI is InChI=1S/C12H10F7N/c13-8-5-6(11(14,15)16)4-7(12(17,18)19)10(8)9-2-1-3-20-9/h4-5,9,20H,1-3H2/t9-/m1/s1. The average molecular weight is 301 g/mol. The predicted molar refractivity (Wildman–Crippen MR) is 56.4 cm³/mol. The maximum Gasteiger partial charge on any atom is 0.416 e. The molecule has 1 aromatic carbocycles. The molecule has 1 N–H and O–H groups in total. The average Bonchev–Trinajstić information content (AvgIpc) is 2.78. The molecule has 1 heterocycles. The SMILES string of the molecule is Fc1cc(C(F)(F)F)cc(C(F)(F)F)c1[C@H]1CCCN1. The monoisotopic (exact) mass is 301 g/mol. The van der Waals surface area contributed by atoms with Crippen molar-refractivity contribution in [2.24, 2.45) is 0 Å². The van der Waals surface area contributed by atoms with Gasteiger partial charge in [-0.2, -0.15) is 26.3 Å². The molecule has 112 valence electrons. The van der Waals surface area contributed by atoms with Crippen LogP contribution in [-0.4, -0.2) is 6.54 Å². The number of nitrogens with one attached hydrogen (secondary N) is 1. The summed E-state index contributed by atoms with van der Waals surface area (Å²) in [5.74, 6) is -1.48. The summed E-state index contributed by atoms with van der Waals surface area (Å²) < 4.78 is 89.9. The lowest BCUT2D eigenvalue weighted by Crippen LogP contribution is -2.22. The summed E-state index contributed by atoms with van der Waals surface area (Å²) in [7, 11) is 0. The van der Waals surface area contributed by atoms with Gasteiger partial charge in [0.15, 0.2) is 0 Å². The molecule has 0 saturated carbocycles. The van der Waals surface area contributed by atoms with Gasteiger partial charge in [-0.1, -0.05) is 0 Å². The van der Waals surface area contributed by atoms with Crippen LogP contribution in [0.25, 0.3) is 0 Å². The summed E-state index contributed by atoms with van der Waals surface area (Å²) in [5.41, 5.74) is -3.93. The molecule has 0 aromatic heterocycles. The van der Waals surface area contributed by atoms with Gasteiger partial charge in [0.05, 0.1) is 11.1 Å². The van der Waals surface area contributed by atoms with Crippen LogP contribution in [0.3, 0.4) is 0 Å². The van der Waals surface area contributed by atoms with Gasteiger partial charge in [-0.3, -0.25) is 0 Å². The number of hydrogen-bond donors (Lipinski definition) is 1. The van der Waals surface area contributed by atoms with Crippen molar-refractivity contribution < 1.29 is 30.7 Å². The molecular weight excluding hydrogens is 291 g/mol. The first kappa shape index (κ1) is 15.1. The van der Waals surface area contributed by atoms with Gasteiger partial charge in [0.25, 0.3) is 0 Å². The smallest absolute Gasteiger partial charge is 0.310 e. The Labute approximate surface area is 109 Å². The zero-order chi connectivity index (χ0) is 15.1. The van der Waals surface area contributed by atoms with E-state index in [9.17, 15) is 30.7 Å². The van der Waals surface area contributed by atoms with Crippen LogP contribution in [0.1, 0.15) is 35.6 Å². The van der Waals surface area contributed by atoms with Gasteiger partial charge in [0, 0.05) is 11.6 Å². The minimum Gasteiger partial charge on any atom is -0.310 e. The lowest BCUT2D eigenvalue weighted by molar-refractivity contribution is -0.144. The molecule has 0 bridgehead atoms. The fourth-order valence-electron chi connectivity index (χ4n) is 2.30. The van der Waals surface area contributed by atoms with Gasteiger partial charge in [0.2, 0.25) is 0 Å². The second-order valence-electron chi connectivity index (χ2n) is 4.56. The highest BCUT2D eigenvalue weighted by Crippen LogP contribution is 2.41. The van der Waals surface area contributed by atoms with Crippen molar-refractivity contribution >= 4 is 0 Å². The van der Waals surface area contributed by atoms with Crippen molar-refractivity contribution in [3.05, 3.63) is 34.6 Å². The molecular formula is C12H10F7N. The summed E-state index contributed by atoms with van der Waals surface area (Å²) in [6.07, 6.45) is -9.27. The van der Waals surface area contributed by atoms with E-state index in [4.69, 9.17) is 0 Å². The largest absolute Gasteiger partial charge is 0.416 e. The summed E-state index contributed by atoms with van der Waals surface area (Å²) in [5, 5.41) is 2.66. The normalized spacial score (nSPS) is 20.4. The first-order valence-electron chi connectivity index (χ1n) is 5.82. The lowest BCUT2D eigenvalue weighted by Gasteiger charge is -2.20. The molecule has 1 saturated heterocycles. The third-order valence-electron chi connectivity index (χ3n) is 3.17. The number of halogens is 7. The van der Waals surface area contributed by atoms with Crippen molar-refractivity contribution in [3.63, 3.8) is 0 Å². The van der Waals surface area contributed by atoms with Gasteiger partial charge in [0.1, 0.15) is 5.82 Å². The lowest BCUT2D eigenvalue weighted by atomic mass is 9.95. The Balaban J connectivity index is 2.61. The molecule has 1 aliphatic heterocycles. The second kappa shape index (κ2) is 4.91. The van der Waals surface area contributed by atoms with Crippen LogP contribution >= 0.6 is 0 Å². The molecule has 0 radical (unpaired) electrons. The Morgan fingerprint density at radius 3 is 2.10 bits per heavy atom. The molecule has 0 amide bonds. The highest BCUT2D eigenvalue weighted by atomic mass is 19.4. The van der Waals surface area contributed by atoms with Crippen molar-refractivity contribution in [1.29, 1.82) is 0 Å². The number of hydrogen-bond acceptors (Lipinski definition) is 1. The van der Waals surface area contributed by atoms with Crippen LogP contribution in [0, 0.1) is 5.82 Å². The highest BCUT2D eigenvalue weighted by Gasteiger charge is 2.41. The molecule has 1 nitrogen and oxygen atoms in total. The molecule has 20 heavy (non-hydrogen) atoms. The Morgan fingerprint density at radius 1 is 1.00 bits per heavy atom. The van der Waals surface area contributed by atoms with E-state index in [-0.39, 0.29) is 18.6 Å². The number of rotatable bonds is 1. The Bertz CT molecular complexity index is 498. The zero-order valence-corrected chi connectivity index (χ0v) is 10.00. The van der Waals surface area contributed by atoms with Crippen LogP contribution in [0.15, 0.2) is 12.1 Å². The maximum absolute atomic E-state index is 13.8. The molecule has 0 spiro atoms. The topological polar surface area (TPSA) is 12.0 Å². The summed E-state index contributed by atoms with van der Waals surface area (Å²) >= 11 is 0. The molecule has 1 aromatic rings. The fourth-order valence-corrected chi connectivity index (χ4v) is 2.30. The van der Waals surface area contributed by atoms with Gasteiger partial charge < -0.3 is 5.32 Å².